The molecule has 1 unspecified atom stereocenters. The molecule has 0 saturated carbocycles. The van der Waals surface area contributed by atoms with Crippen molar-refractivity contribution in [2.45, 2.75) is 11.8 Å². The van der Waals surface area contributed by atoms with Crippen LogP contribution in [0.15, 0.2) is 26.7 Å². The molecular weight excluding hydrogens is 250 g/mol. The molecule has 2 aliphatic rings. The SMILES string of the molecule is CSC1N=CC(Br)=C2CC(=O)C=C21. The number of dihydropyridines is 1. The molecule has 13 heavy (non-hydrogen) atoms. The van der Waals surface area contributed by atoms with Crippen molar-refractivity contribution in [2.24, 2.45) is 4.99 Å². The van der Waals surface area contributed by atoms with E-state index >= 15 is 0 Å². The topological polar surface area (TPSA) is 29.4 Å². The highest BCUT2D eigenvalue weighted by molar-refractivity contribution is 9.12. The Balaban J connectivity index is 2.44. The fourth-order valence-corrected chi connectivity index (χ4v) is 2.64. The summed E-state index contributed by atoms with van der Waals surface area (Å²) in [4.78, 5) is 15.5. The number of nitrogens with zero attached hydrogens (tertiary/aromatic N) is 1. The summed E-state index contributed by atoms with van der Waals surface area (Å²) in [5.41, 5.74) is 2.19. The molecule has 1 aliphatic carbocycles. The van der Waals surface area contributed by atoms with Gasteiger partial charge >= 0.3 is 0 Å². The van der Waals surface area contributed by atoms with E-state index in [1.54, 1.807) is 24.1 Å². The maximum atomic E-state index is 11.2. The van der Waals surface area contributed by atoms with Crippen molar-refractivity contribution in [1.29, 1.82) is 0 Å². The number of carbonyl (C=O) groups is 1. The number of rotatable bonds is 1. The number of hydrogen-bond acceptors (Lipinski definition) is 3. The summed E-state index contributed by atoms with van der Waals surface area (Å²) in [5.74, 6) is 0.187. The molecule has 68 valence electrons. The largest absolute Gasteiger partial charge is 0.294 e. The van der Waals surface area contributed by atoms with Gasteiger partial charge in [0.2, 0.25) is 0 Å². The number of allylic oxidation sites excluding steroid dienone is 2. The van der Waals surface area contributed by atoms with Crippen molar-refractivity contribution >= 4 is 39.7 Å². The predicted octanol–water partition coefficient (Wildman–Crippen LogP) is 2.31. The van der Waals surface area contributed by atoms with E-state index in [4.69, 9.17) is 0 Å². The summed E-state index contributed by atoms with van der Waals surface area (Å²) >= 11 is 5.06. The molecule has 1 aliphatic heterocycles. The van der Waals surface area contributed by atoms with E-state index in [-0.39, 0.29) is 11.2 Å². The van der Waals surface area contributed by atoms with Crippen LogP contribution >= 0.6 is 27.7 Å². The maximum Gasteiger partial charge on any atom is 0.160 e. The molecule has 0 amide bonds. The van der Waals surface area contributed by atoms with E-state index in [0.29, 0.717) is 6.42 Å². The summed E-state index contributed by atoms with van der Waals surface area (Å²) < 4.78 is 0.954. The number of fused-ring (bicyclic) bond motifs is 1. The highest BCUT2D eigenvalue weighted by atomic mass is 79.9. The lowest BCUT2D eigenvalue weighted by Crippen LogP contribution is -2.09. The summed E-state index contributed by atoms with van der Waals surface area (Å²) in [7, 11) is 0. The first-order valence-corrected chi connectivity index (χ1v) is 6.00. The van der Waals surface area contributed by atoms with Crippen LogP contribution in [0.25, 0.3) is 0 Å². The standard InChI is InChI=1S/C9H8BrNOS/c1-13-9-7-3-5(12)2-6(7)8(10)4-11-9/h3-4,9H,2H2,1H3. The highest BCUT2D eigenvalue weighted by Gasteiger charge is 2.28. The van der Waals surface area contributed by atoms with Gasteiger partial charge < -0.3 is 0 Å². The van der Waals surface area contributed by atoms with E-state index in [1.165, 1.54) is 0 Å². The Labute approximate surface area is 89.3 Å². The van der Waals surface area contributed by atoms with Gasteiger partial charge in [0.1, 0.15) is 5.37 Å². The Kier molecular flexibility index (Phi) is 2.43. The molecule has 0 fully saturated rings. The second kappa shape index (κ2) is 3.42. The molecule has 2 rings (SSSR count). The van der Waals surface area contributed by atoms with Crippen LogP contribution in [-0.2, 0) is 4.79 Å². The van der Waals surface area contributed by atoms with Gasteiger partial charge in [0.15, 0.2) is 5.78 Å². The second-order valence-corrected chi connectivity index (χ2v) is 4.71. The third kappa shape index (κ3) is 1.53. The first-order valence-electron chi connectivity index (χ1n) is 3.92. The van der Waals surface area contributed by atoms with E-state index in [2.05, 4.69) is 20.9 Å². The van der Waals surface area contributed by atoms with Crippen molar-refractivity contribution in [1.82, 2.24) is 0 Å². The lowest BCUT2D eigenvalue weighted by atomic mass is 10.1. The third-order valence-corrected chi connectivity index (χ3v) is 3.62. The van der Waals surface area contributed by atoms with Gasteiger partial charge in [0.25, 0.3) is 0 Å². The average molecular weight is 258 g/mol. The molecule has 0 bridgehead atoms. The third-order valence-electron chi connectivity index (χ3n) is 2.12. The zero-order valence-electron chi connectivity index (χ0n) is 7.08. The summed E-state index contributed by atoms with van der Waals surface area (Å²) in [6, 6.07) is 0. The van der Waals surface area contributed by atoms with E-state index < -0.39 is 0 Å². The number of ketones is 1. The van der Waals surface area contributed by atoms with Gasteiger partial charge in [0, 0.05) is 17.1 Å². The molecular formula is C9H8BrNOS. The smallest absolute Gasteiger partial charge is 0.160 e. The van der Waals surface area contributed by atoms with Gasteiger partial charge in [-0.1, -0.05) is 0 Å². The first-order chi connectivity index (χ1) is 6.22. The van der Waals surface area contributed by atoms with Crippen molar-refractivity contribution in [3.05, 3.63) is 21.7 Å². The van der Waals surface area contributed by atoms with Crippen LogP contribution in [0.1, 0.15) is 6.42 Å². The van der Waals surface area contributed by atoms with E-state index in [0.717, 1.165) is 15.6 Å². The van der Waals surface area contributed by atoms with Crippen LogP contribution in [-0.4, -0.2) is 23.6 Å². The van der Waals surface area contributed by atoms with Crippen LogP contribution in [0.5, 0.6) is 0 Å². The van der Waals surface area contributed by atoms with Gasteiger partial charge in [-0.25, -0.2) is 0 Å². The van der Waals surface area contributed by atoms with Crippen LogP contribution in [0.2, 0.25) is 0 Å². The Hall–Kier alpha value is -0.350. The first kappa shape index (κ1) is 9.21. The van der Waals surface area contributed by atoms with E-state index in [9.17, 15) is 4.79 Å². The molecule has 0 aromatic carbocycles. The molecule has 0 N–H and O–H groups in total. The van der Waals surface area contributed by atoms with Gasteiger partial charge in [-0.05, 0) is 39.4 Å². The predicted molar refractivity (Wildman–Crippen MR) is 59.5 cm³/mol. The summed E-state index contributed by atoms with van der Waals surface area (Å²) in [6.45, 7) is 0. The monoisotopic (exact) mass is 257 g/mol. The molecule has 4 heteroatoms. The molecule has 2 nitrogen and oxygen atoms in total. The molecule has 1 heterocycles. The quantitative estimate of drug-likeness (QED) is 0.722. The van der Waals surface area contributed by atoms with Gasteiger partial charge in [0.05, 0.1) is 0 Å². The number of halogens is 1. The Morgan fingerprint density at radius 1 is 1.69 bits per heavy atom. The van der Waals surface area contributed by atoms with Gasteiger partial charge in [-0.2, -0.15) is 0 Å². The number of hydrogen-bond donors (Lipinski definition) is 0. The minimum absolute atomic E-state index is 0.114. The fraction of sp³-hybridized carbons (Fsp3) is 0.333. The highest BCUT2D eigenvalue weighted by Crippen LogP contribution is 2.37. The Morgan fingerprint density at radius 2 is 2.46 bits per heavy atom. The summed E-state index contributed by atoms with van der Waals surface area (Å²) in [5, 5.41) is 0.114. The molecule has 0 spiro atoms. The van der Waals surface area contributed by atoms with Crippen molar-refractivity contribution < 1.29 is 4.79 Å². The number of aliphatic imine (C=N–C) groups is 1. The zero-order chi connectivity index (χ0) is 9.42. The second-order valence-electron chi connectivity index (χ2n) is 2.94. The minimum atomic E-state index is 0.114. The average Bonchev–Trinajstić information content (AvgIpc) is 2.48. The summed E-state index contributed by atoms with van der Waals surface area (Å²) in [6.07, 6.45) is 6.04. The van der Waals surface area contributed by atoms with Crippen LogP contribution in [0.4, 0.5) is 0 Å². The molecule has 0 radical (unpaired) electrons. The zero-order valence-corrected chi connectivity index (χ0v) is 9.48. The normalized spacial score (nSPS) is 26.5. The van der Waals surface area contributed by atoms with Crippen molar-refractivity contribution in [3.63, 3.8) is 0 Å². The van der Waals surface area contributed by atoms with Crippen molar-refractivity contribution in [3.8, 4) is 0 Å². The lowest BCUT2D eigenvalue weighted by molar-refractivity contribution is -0.113. The van der Waals surface area contributed by atoms with Crippen LogP contribution in [0, 0.1) is 0 Å². The lowest BCUT2D eigenvalue weighted by Gasteiger charge is -2.17. The van der Waals surface area contributed by atoms with Gasteiger partial charge in [-0.3, -0.25) is 9.79 Å². The Bertz CT molecular complexity index is 357. The van der Waals surface area contributed by atoms with Crippen LogP contribution < -0.4 is 0 Å². The molecule has 1 atom stereocenters. The number of thioether (sulfide) groups is 1. The number of carbonyl (C=O) groups excluding carboxylic acids is 1. The fourth-order valence-electron chi connectivity index (χ4n) is 1.51. The molecule has 0 saturated heterocycles. The maximum absolute atomic E-state index is 11.2. The minimum Gasteiger partial charge on any atom is -0.294 e. The molecule has 0 aromatic rings. The van der Waals surface area contributed by atoms with Crippen LogP contribution in [0.3, 0.4) is 0 Å². The van der Waals surface area contributed by atoms with E-state index in [1.807, 2.05) is 6.26 Å². The molecule has 0 aromatic heterocycles. The van der Waals surface area contributed by atoms with Gasteiger partial charge in [-0.15, -0.1) is 11.8 Å². The Morgan fingerprint density at radius 3 is 3.15 bits per heavy atom. The van der Waals surface area contributed by atoms with Crippen molar-refractivity contribution in [2.75, 3.05) is 6.26 Å².